The van der Waals surface area contributed by atoms with Gasteiger partial charge in [0, 0.05) is 19.9 Å². The normalized spacial score (nSPS) is 25.1. The highest BCUT2D eigenvalue weighted by atomic mass is 16.5. The van der Waals surface area contributed by atoms with Crippen molar-refractivity contribution < 1.29 is 4.52 Å². The minimum absolute atomic E-state index is 0.654. The fourth-order valence-corrected chi connectivity index (χ4v) is 2.69. The van der Waals surface area contributed by atoms with Crippen LogP contribution in [0.5, 0.6) is 0 Å². The Bertz CT molecular complexity index is 337. The quantitative estimate of drug-likeness (QED) is 0.799. The topological polar surface area (TPSA) is 51.0 Å². The van der Waals surface area contributed by atoms with Crippen molar-refractivity contribution in [1.82, 2.24) is 15.5 Å². The molecule has 1 aliphatic carbocycles. The molecule has 1 aromatic heterocycles. The number of nitrogens with one attached hydrogen (secondary N) is 1. The molecule has 1 N–H and O–H groups in total. The summed E-state index contributed by atoms with van der Waals surface area (Å²) in [5.74, 6) is 3.24. The zero-order valence-electron chi connectivity index (χ0n) is 10.9. The van der Waals surface area contributed by atoms with E-state index >= 15 is 0 Å². The summed E-state index contributed by atoms with van der Waals surface area (Å²) in [4.78, 5) is 4.19. The molecule has 17 heavy (non-hydrogen) atoms. The van der Waals surface area contributed by atoms with Crippen LogP contribution >= 0.6 is 0 Å². The molecule has 1 saturated carbocycles. The molecule has 0 bridgehead atoms. The molecule has 0 spiro atoms. The average Bonchev–Trinajstić information content (AvgIpc) is 2.71. The van der Waals surface area contributed by atoms with E-state index in [0.29, 0.717) is 5.89 Å². The van der Waals surface area contributed by atoms with Crippen LogP contribution in [0, 0.1) is 18.8 Å². The lowest BCUT2D eigenvalue weighted by Gasteiger charge is -2.26. The summed E-state index contributed by atoms with van der Waals surface area (Å²) in [5, 5.41) is 7.40. The van der Waals surface area contributed by atoms with E-state index in [-0.39, 0.29) is 0 Å². The summed E-state index contributed by atoms with van der Waals surface area (Å²) in [7, 11) is 0. The van der Waals surface area contributed by atoms with Gasteiger partial charge in [-0.15, -0.1) is 0 Å². The molecule has 1 aliphatic rings. The predicted molar refractivity (Wildman–Crippen MR) is 66.7 cm³/mol. The second-order valence-electron chi connectivity index (χ2n) is 5.32. The lowest BCUT2D eigenvalue weighted by atomic mass is 9.82. The van der Waals surface area contributed by atoms with Crippen molar-refractivity contribution in [3.8, 4) is 0 Å². The van der Waals surface area contributed by atoms with Gasteiger partial charge in [0.05, 0.1) is 0 Å². The molecule has 0 saturated heterocycles. The summed E-state index contributed by atoms with van der Waals surface area (Å²) in [6.07, 6.45) is 6.45. The molecule has 4 nitrogen and oxygen atoms in total. The molecule has 2 rings (SSSR count). The fourth-order valence-electron chi connectivity index (χ4n) is 2.69. The molecule has 0 amide bonds. The number of hydrogen-bond donors (Lipinski definition) is 1. The van der Waals surface area contributed by atoms with Gasteiger partial charge in [0.2, 0.25) is 5.89 Å². The smallest absolute Gasteiger partial charge is 0.223 e. The first-order valence-corrected chi connectivity index (χ1v) is 6.74. The Balaban J connectivity index is 1.59. The monoisotopic (exact) mass is 237 g/mol. The predicted octanol–water partition coefficient (Wildman–Crippen LogP) is 2.34. The number of aromatic nitrogens is 2. The second kappa shape index (κ2) is 6.15. The Hall–Kier alpha value is -0.900. The highest BCUT2D eigenvalue weighted by Gasteiger charge is 2.18. The van der Waals surface area contributed by atoms with Crippen LogP contribution in [-0.2, 0) is 6.42 Å². The molecule has 1 fully saturated rings. The minimum atomic E-state index is 0.654. The molecular formula is C13H23N3O. The van der Waals surface area contributed by atoms with Gasteiger partial charge in [-0.3, -0.25) is 0 Å². The highest BCUT2D eigenvalue weighted by molar-refractivity contribution is 4.84. The van der Waals surface area contributed by atoms with Gasteiger partial charge in [-0.2, -0.15) is 4.98 Å². The Labute approximate surface area is 103 Å². The van der Waals surface area contributed by atoms with Gasteiger partial charge >= 0.3 is 0 Å². The summed E-state index contributed by atoms with van der Waals surface area (Å²) in [6.45, 7) is 6.28. The van der Waals surface area contributed by atoms with Crippen molar-refractivity contribution in [1.29, 1.82) is 0 Å². The first-order chi connectivity index (χ1) is 8.24. The average molecular weight is 237 g/mol. The SMILES string of the molecule is Cc1nc(CCNCC2CCCC(C)C2)no1. The van der Waals surface area contributed by atoms with Gasteiger partial charge in [-0.05, 0) is 31.2 Å². The van der Waals surface area contributed by atoms with Gasteiger partial charge in [0.1, 0.15) is 0 Å². The third kappa shape index (κ3) is 4.11. The molecule has 96 valence electrons. The van der Waals surface area contributed by atoms with E-state index in [1.54, 1.807) is 0 Å². The fraction of sp³-hybridized carbons (Fsp3) is 0.846. The maximum Gasteiger partial charge on any atom is 0.223 e. The van der Waals surface area contributed by atoms with Crippen LogP contribution in [0.4, 0.5) is 0 Å². The molecule has 2 unspecified atom stereocenters. The first-order valence-electron chi connectivity index (χ1n) is 6.74. The van der Waals surface area contributed by atoms with E-state index in [9.17, 15) is 0 Å². The summed E-state index contributed by atoms with van der Waals surface area (Å²) in [6, 6.07) is 0. The van der Waals surface area contributed by atoms with Crippen molar-refractivity contribution in [3.63, 3.8) is 0 Å². The van der Waals surface area contributed by atoms with E-state index in [1.165, 1.54) is 25.7 Å². The molecule has 0 aliphatic heterocycles. The van der Waals surface area contributed by atoms with Crippen molar-refractivity contribution in [3.05, 3.63) is 11.7 Å². The number of hydrogen-bond acceptors (Lipinski definition) is 4. The second-order valence-corrected chi connectivity index (χ2v) is 5.32. The third-order valence-corrected chi connectivity index (χ3v) is 3.57. The standard InChI is InChI=1S/C13H23N3O/c1-10-4-3-5-12(8-10)9-14-7-6-13-15-11(2)17-16-13/h10,12,14H,3-9H2,1-2H3. The Morgan fingerprint density at radius 3 is 3.00 bits per heavy atom. The zero-order valence-corrected chi connectivity index (χ0v) is 10.9. The zero-order chi connectivity index (χ0) is 12.1. The lowest BCUT2D eigenvalue weighted by Crippen LogP contribution is -2.28. The largest absolute Gasteiger partial charge is 0.340 e. The van der Waals surface area contributed by atoms with Crippen LogP contribution in [0.25, 0.3) is 0 Å². The van der Waals surface area contributed by atoms with E-state index in [0.717, 1.165) is 37.2 Å². The van der Waals surface area contributed by atoms with E-state index in [2.05, 4.69) is 22.4 Å². The third-order valence-electron chi connectivity index (χ3n) is 3.57. The van der Waals surface area contributed by atoms with Gasteiger partial charge in [-0.1, -0.05) is 24.9 Å². The summed E-state index contributed by atoms with van der Waals surface area (Å²) in [5.41, 5.74) is 0. The van der Waals surface area contributed by atoms with Crippen LogP contribution in [0.3, 0.4) is 0 Å². The first kappa shape index (κ1) is 12.6. The molecule has 0 radical (unpaired) electrons. The Kier molecular flexibility index (Phi) is 4.54. The van der Waals surface area contributed by atoms with Crippen molar-refractivity contribution in [2.75, 3.05) is 13.1 Å². The maximum absolute atomic E-state index is 4.94. The molecular weight excluding hydrogens is 214 g/mol. The van der Waals surface area contributed by atoms with Crippen LogP contribution in [0.15, 0.2) is 4.52 Å². The van der Waals surface area contributed by atoms with Crippen LogP contribution in [0.2, 0.25) is 0 Å². The minimum Gasteiger partial charge on any atom is -0.340 e. The van der Waals surface area contributed by atoms with Crippen LogP contribution in [0.1, 0.15) is 44.3 Å². The molecule has 2 atom stereocenters. The van der Waals surface area contributed by atoms with Gasteiger partial charge in [-0.25, -0.2) is 0 Å². The van der Waals surface area contributed by atoms with Gasteiger partial charge < -0.3 is 9.84 Å². The van der Waals surface area contributed by atoms with E-state index < -0.39 is 0 Å². The van der Waals surface area contributed by atoms with Crippen molar-refractivity contribution in [2.45, 2.75) is 46.0 Å². The van der Waals surface area contributed by atoms with Gasteiger partial charge in [0.25, 0.3) is 0 Å². The summed E-state index contributed by atoms with van der Waals surface area (Å²) < 4.78 is 4.94. The Morgan fingerprint density at radius 2 is 2.29 bits per heavy atom. The summed E-state index contributed by atoms with van der Waals surface area (Å²) >= 11 is 0. The molecule has 4 heteroatoms. The van der Waals surface area contributed by atoms with E-state index in [1.807, 2.05) is 6.92 Å². The highest BCUT2D eigenvalue weighted by Crippen LogP contribution is 2.27. The number of aryl methyl sites for hydroxylation is 1. The number of nitrogens with zero attached hydrogens (tertiary/aromatic N) is 2. The molecule has 1 aromatic rings. The van der Waals surface area contributed by atoms with Gasteiger partial charge in [0.15, 0.2) is 5.82 Å². The Morgan fingerprint density at radius 1 is 1.41 bits per heavy atom. The van der Waals surface area contributed by atoms with Crippen LogP contribution in [-0.4, -0.2) is 23.2 Å². The number of rotatable bonds is 5. The van der Waals surface area contributed by atoms with E-state index in [4.69, 9.17) is 4.52 Å². The van der Waals surface area contributed by atoms with Crippen molar-refractivity contribution >= 4 is 0 Å². The molecule has 1 heterocycles. The van der Waals surface area contributed by atoms with Crippen molar-refractivity contribution in [2.24, 2.45) is 11.8 Å². The molecule has 0 aromatic carbocycles. The lowest BCUT2D eigenvalue weighted by molar-refractivity contribution is 0.275. The maximum atomic E-state index is 4.94. The van der Waals surface area contributed by atoms with Crippen LogP contribution < -0.4 is 5.32 Å².